The highest BCUT2D eigenvalue weighted by molar-refractivity contribution is 6.42. The van der Waals surface area contributed by atoms with E-state index in [1.165, 1.54) is 0 Å². The van der Waals surface area contributed by atoms with Gasteiger partial charge < -0.3 is 10.6 Å². The van der Waals surface area contributed by atoms with Crippen molar-refractivity contribution >= 4 is 40.7 Å². The third-order valence-electron chi connectivity index (χ3n) is 3.63. The number of halogens is 2. The van der Waals surface area contributed by atoms with Crippen molar-refractivity contribution in [2.45, 2.75) is 26.2 Å². The molecule has 4 nitrogen and oxygen atoms in total. The van der Waals surface area contributed by atoms with E-state index in [9.17, 15) is 9.59 Å². The highest BCUT2D eigenvalue weighted by atomic mass is 35.5. The summed E-state index contributed by atoms with van der Waals surface area (Å²) in [7, 11) is 0. The minimum atomic E-state index is -0.320. The second kappa shape index (κ2) is 9.44. The number of nitrogens with one attached hydrogen (secondary N) is 2. The summed E-state index contributed by atoms with van der Waals surface area (Å²) < 4.78 is 0. The first-order chi connectivity index (χ1) is 12.0. The van der Waals surface area contributed by atoms with Crippen molar-refractivity contribution in [1.82, 2.24) is 5.32 Å². The summed E-state index contributed by atoms with van der Waals surface area (Å²) in [6, 6.07) is 11.4. The third kappa shape index (κ3) is 5.76. The van der Waals surface area contributed by atoms with Crippen molar-refractivity contribution in [1.29, 1.82) is 0 Å². The number of hydrogen-bond donors (Lipinski definition) is 2. The molecule has 0 radical (unpaired) electrons. The predicted octanol–water partition coefficient (Wildman–Crippen LogP) is 5.17. The second-order valence-corrected chi connectivity index (χ2v) is 6.44. The topological polar surface area (TPSA) is 58.2 Å². The van der Waals surface area contributed by atoms with Gasteiger partial charge in [-0.05, 0) is 42.8 Å². The van der Waals surface area contributed by atoms with E-state index in [1.807, 2.05) is 0 Å². The fourth-order valence-corrected chi connectivity index (χ4v) is 2.56. The molecule has 0 aliphatic rings. The van der Waals surface area contributed by atoms with Gasteiger partial charge in [-0.15, -0.1) is 0 Å². The molecule has 25 heavy (non-hydrogen) atoms. The Hall–Kier alpha value is -2.04. The number of rotatable bonds is 7. The molecule has 0 heterocycles. The van der Waals surface area contributed by atoms with Crippen molar-refractivity contribution in [2.24, 2.45) is 0 Å². The summed E-state index contributed by atoms with van der Waals surface area (Å²) in [5.41, 5.74) is 1.39. The van der Waals surface area contributed by atoms with E-state index in [0.29, 0.717) is 33.4 Å². The van der Waals surface area contributed by atoms with Crippen LogP contribution in [0.2, 0.25) is 10.0 Å². The molecule has 0 unspecified atom stereocenters. The van der Waals surface area contributed by atoms with Crippen molar-refractivity contribution < 1.29 is 9.59 Å². The smallest absolute Gasteiger partial charge is 0.255 e. The number of hydrogen-bond acceptors (Lipinski definition) is 2. The van der Waals surface area contributed by atoms with Gasteiger partial charge in [0.25, 0.3) is 11.8 Å². The van der Waals surface area contributed by atoms with Crippen LogP contribution in [0, 0.1) is 0 Å². The summed E-state index contributed by atoms with van der Waals surface area (Å²) >= 11 is 11.8. The Bertz CT molecular complexity index is 763. The molecule has 0 atom stereocenters. The quantitative estimate of drug-likeness (QED) is 0.653. The van der Waals surface area contributed by atoms with Crippen LogP contribution in [0.1, 0.15) is 46.9 Å². The van der Waals surface area contributed by atoms with Gasteiger partial charge in [-0.2, -0.15) is 0 Å². The number of carbonyl (C=O) groups excluding carboxylic acids is 2. The van der Waals surface area contributed by atoms with Gasteiger partial charge in [-0.3, -0.25) is 9.59 Å². The predicted molar refractivity (Wildman–Crippen MR) is 103 cm³/mol. The Kier molecular flexibility index (Phi) is 7.29. The van der Waals surface area contributed by atoms with Crippen LogP contribution in [0.25, 0.3) is 0 Å². The van der Waals surface area contributed by atoms with Gasteiger partial charge in [-0.1, -0.05) is 49.0 Å². The average Bonchev–Trinajstić information content (AvgIpc) is 2.62. The van der Waals surface area contributed by atoms with E-state index in [-0.39, 0.29) is 11.8 Å². The van der Waals surface area contributed by atoms with E-state index >= 15 is 0 Å². The number of anilines is 1. The molecule has 0 bridgehead atoms. The molecular weight excluding hydrogens is 359 g/mol. The number of unbranched alkanes of at least 4 members (excludes halogenated alkanes) is 2. The van der Waals surface area contributed by atoms with Crippen LogP contribution in [-0.2, 0) is 0 Å². The fraction of sp³-hybridized carbons (Fsp3) is 0.263. The van der Waals surface area contributed by atoms with Crippen LogP contribution in [0.4, 0.5) is 5.69 Å². The van der Waals surface area contributed by atoms with E-state index in [1.54, 1.807) is 42.5 Å². The van der Waals surface area contributed by atoms with Crippen molar-refractivity contribution in [3.63, 3.8) is 0 Å². The van der Waals surface area contributed by atoms with Crippen LogP contribution in [0.3, 0.4) is 0 Å². The average molecular weight is 379 g/mol. The molecule has 6 heteroatoms. The maximum atomic E-state index is 12.4. The van der Waals surface area contributed by atoms with Crippen LogP contribution in [0.15, 0.2) is 42.5 Å². The standard InChI is InChI=1S/C19H20Cl2N2O2/c1-2-3-4-10-22-18(24)13-6-5-7-14(11-13)19(25)23-15-8-9-16(20)17(21)12-15/h5-9,11-12H,2-4,10H2,1H3,(H,22,24)(H,23,25). The third-order valence-corrected chi connectivity index (χ3v) is 4.37. The lowest BCUT2D eigenvalue weighted by Crippen LogP contribution is -2.24. The lowest BCUT2D eigenvalue weighted by Gasteiger charge is -2.08. The zero-order chi connectivity index (χ0) is 18.2. The monoisotopic (exact) mass is 378 g/mol. The highest BCUT2D eigenvalue weighted by Gasteiger charge is 2.11. The maximum absolute atomic E-state index is 12.4. The zero-order valence-electron chi connectivity index (χ0n) is 13.9. The van der Waals surface area contributed by atoms with Crippen molar-refractivity contribution in [3.05, 3.63) is 63.6 Å². The number of amides is 2. The zero-order valence-corrected chi connectivity index (χ0v) is 15.5. The molecule has 0 saturated carbocycles. The second-order valence-electron chi connectivity index (χ2n) is 5.63. The number of carbonyl (C=O) groups is 2. The molecule has 0 saturated heterocycles. The molecule has 0 aliphatic carbocycles. The van der Waals surface area contributed by atoms with Crippen LogP contribution >= 0.6 is 23.2 Å². The lowest BCUT2D eigenvalue weighted by atomic mass is 10.1. The summed E-state index contributed by atoms with van der Waals surface area (Å²) in [4.78, 5) is 24.5. The minimum Gasteiger partial charge on any atom is -0.352 e. The Morgan fingerprint density at radius 2 is 1.64 bits per heavy atom. The van der Waals surface area contributed by atoms with E-state index < -0.39 is 0 Å². The Morgan fingerprint density at radius 1 is 0.920 bits per heavy atom. The van der Waals surface area contributed by atoms with Gasteiger partial charge >= 0.3 is 0 Å². The van der Waals surface area contributed by atoms with Gasteiger partial charge in [0.05, 0.1) is 10.0 Å². The van der Waals surface area contributed by atoms with Gasteiger partial charge in [0, 0.05) is 23.4 Å². The summed E-state index contributed by atoms with van der Waals surface area (Å²) in [5.74, 6) is -0.501. The number of benzene rings is 2. The Morgan fingerprint density at radius 3 is 2.32 bits per heavy atom. The van der Waals surface area contributed by atoms with E-state index in [0.717, 1.165) is 19.3 Å². The SMILES string of the molecule is CCCCCNC(=O)c1cccc(C(=O)Nc2ccc(Cl)c(Cl)c2)c1. The van der Waals surface area contributed by atoms with Crippen molar-refractivity contribution in [2.75, 3.05) is 11.9 Å². The molecule has 2 aromatic rings. The first-order valence-electron chi connectivity index (χ1n) is 8.16. The van der Waals surface area contributed by atoms with Gasteiger partial charge in [0.1, 0.15) is 0 Å². The molecule has 0 aliphatic heterocycles. The van der Waals surface area contributed by atoms with Gasteiger partial charge in [-0.25, -0.2) is 0 Å². The van der Waals surface area contributed by atoms with E-state index in [4.69, 9.17) is 23.2 Å². The normalized spacial score (nSPS) is 10.4. The molecule has 2 amide bonds. The van der Waals surface area contributed by atoms with Crippen LogP contribution in [0.5, 0.6) is 0 Å². The lowest BCUT2D eigenvalue weighted by molar-refractivity contribution is 0.0953. The highest BCUT2D eigenvalue weighted by Crippen LogP contribution is 2.25. The van der Waals surface area contributed by atoms with Crippen LogP contribution < -0.4 is 10.6 Å². The minimum absolute atomic E-state index is 0.180. The fourth-order valence-electron chi connectivity index (χ4n) is 2.26. The van der Waals surface area contributed by atoms with Crippen molar-refractivity contribution in [3.8, 4) is 0 Å². The summed E-state index contributed by atoms with van der Waals surface area (Å²) in [6.07, 6.45) is 3.12. The van der Waals surface area contributed by atoms with Gasteiger partial charge in [0.2, 0.25) is 0 Å². The largest absolute Gasteiger partial charge is 0.352 e. The molecule has 2 N–H and O–H groups in total. The molecular formula is C19H20Cl2N2O2. The summed E-state index contributed by atoms with van der Waals surface area (Å²) in [5, 5.41) is 6.38. The van der Waals surface area contributed by atoms with Gasteiger partial charge in [0.15, 0.2) is 0 Å². The molecule has 0 aromatic heterocycles. The molecule has 2 aromatic carbocycles. The first kappa shape index (κ1) is 19.3. The molecule has 2 rings (SSSR count). The Labute approximate surface area is 157 Å². The molecule has 0 spiro atoms. The summed E-state index contributed by atoms with van der Waals surface area (Å²) in [6.45, 7) is 2.74. The molecule has 0 fully saturated rings. The van der Waals surface area contributed by atoms with Crippen LogP contribution in [-0.4, -0.2) is 18.4 Å². The maximum Gasteiger partial charge on any atom is 0.255 e. The van der Waals surface area contributed by atoms with E-state index in [2.05, 4.69) is 17.6 Å². The molecule has 132 valence electrons. The first-order valence-corrected chi connectivity index (χ1v) is 8.91. The Balaban J connectivity index is 2.03.